The van der Waals surface area contributed by atoms with E-state index in [2.05, 4.69) is 52.9 Å². The Morgan fingerprint density at radius 1 is 0.895 bits per heavy atom. The number of rotatable bonds is 1. The third-order valence-corrected chi connectivity index (χ3v) is 7.91. The van der Waals surface area contributed by atoms with Crippen LogP contribution < -0.4 is 4.74 Å². The van der Waals surface area contributed by atoms with Gasteiger partial charge in [-0.25, -0.2) is 4.39 Å². The van der Waals surface area contributed by atoms with E-state index in [9.17, 15) is 9.18 Å². The number of carbonyl (C=O) groups is 1. The molecule has 4 aromatic rings. The maximum absolute atomic E-state index is 14.2. The highest BCUT2D eigenvalue weighted by Crippen LogP contribution is 2.32. The minimum Gasteiger partial charge on any atom is -0.492 e. The summed E-state index contributed by atoms with van der Waals surface area (Å²) in [5.41, 5.74) is 5.35. The molecule has 0 atom stereocenters. The highest BCUT2D eigenvalue weighted by atomic mass is 19.1. The molecule has 38 heavy (non-hydrogen) atoms. The number of aromatic nitrogens is 1. The second-order valence-corrected chi connectivity index (χ2v) is 10.7. The monoisotopic (exact) mass is 511 g/mol. The summed E-state index contributed by atoms with van der Waals surface area (Å²) in [7, 11) is 2.10. The van der Waals surface area contributed by atoms with E-state index in [1.807, 2.05) is 29.2 Å². The Bertz CT molecular complexity index is 1460. The predicted octanol–water partition coefficient (Wildman–Crippen LogP) is 6.10. The van der Waals surface area contributed by atoms with Crippen molar-refractivity contribution in [3.05, 3.63) is 89.7 Å². The first-order valence-electron chi connectivity index (χ1n) is 13.6. The minimum absolute atomic E-state index is 0.127. The van der Waals surface area contributed by atoms with Gasteiger partial charge in [-0.1, -0.05) is 42.8 Å². The molecule has 1 aliphatic heterocycles. The fourth-order valence-electron chi connectivity index (χ4n) is 5.63. The zero-order chi connectivity index (χ0) is 26.1. The van der Waals surface area contributed by atoms with Crippen molar-refractivity contribution in [1.29, 1.82) is 0 Å². The first-order chi connectivity index (χ1) is 18.5. The van der Waals surface area contributed by atoms with Gasteiger partial charge in [0, 0.05) is 60.8 Å². The molecule has 0 unspecified atom stereocenters. The summed E-state index contributed by atoms with van der Waals surface area (Å²) in [5, 5.41) is 0.854. The van der Waals surface area contributed by atoms with Crippen molar-refractivity contribution in [3.63, 3.8) is 0 Å². The van der Waals surface area contributed by atoms with Gasteiger partial charge in [0.15, 0.2) is 0 Å². The van der Waals surface area contributed by atoms with Crippen LogP contribution in [-0.2, 0) is 24.4 Å². The molecule has 6 heteroatoms. The van der Waals surface area contributed by atoms with Crippen molar-refractivity contribution in [1.82, 2.24) is 14.4 Å². The van der Waals surface area contributed by atoms with E-state index >= 15 is 0 Å². The van der Waals surface area contributed by atoms with E-state index < -0.39 is 0 Å². The highest BCUT2D eigenvalue weighted by molar-refractivity contribution is 5.87. The van der Waals surface area contributed by atoms with Crippen LogP contribution in [-0.4, -0.2) is 47.0 Å². The van der Waals surface area contributed by atoms with Crippen LogP contribution in [0.15, 0.2) is 72.8 Å². The van der Waals surface area contributed by atoms with Crippen LogP contribution in [0.25, 0.3) is 22.2 Å². The standard InChI is InChI=1S/C32H34FN3O2/c1-34-15-16-38-29-10-4-9-26(19-29)31-20-27-18-28(33)11-12-30(27)36(31)14-13-35(32(37)25-7-3-8-25)22-24-6-2-5-23(17-24)21-34/h2,4-6,9-12,17-20,25H,3,7-8,13-16,21-22H2,1H3. The molecule has 0 N–H and O–H groups in total. The van der Waals surface area contributed by atoms with Crippen LogP contribution in [0.3, 0.4) is 0 Å². The van der Waals surface area contributed by atoms with Crippen molar-refractivity contribution < 1.29 is 13.9 Å². The van der Waals surface area contributed by atoms with Crippen LogP contribution in [0, 0.1) is 11.7 Å². The lowest BCUT2D eigenvalue weighted by Gasteiger charge is -2.32. The Morgan fingerprint density at radius 3 is 2.53 bits per heavy atom. The first kappa shape index (κ1) is 24.7. The normalized spacial score (nSPS) is 17.4. The van der Waals surface area contributed by atoms with E-state index in [4.69, 9.17) is 4.74 Å². The molecule has 0 spiro atoms. The van der Waals surface area contributed by atoms with Crippen molar-refractivity contribution in [3.8, 4) is 17.0 Å². The molecular formula is C32H34FN3O2. The summed E-state index contributed by atoms with van der Waals surface area (Å²) in [4.78, 5) is 17.8. The van der Waals surface area contributed by atoms with Crippen molar-refractivity contribution >= 4 is 16.8 Å². The average molecular weight is 512 g/mol. The molecule has 1 saturated carbocycles. The van der Waals surface area contributed by atoms with Gasteiger partial charge in [0.1, 0.15) is 18.2 Å². The smallest absolute Gasteiger partial charge is 0.226 e. The number of hydrogen-bond donors (Lipinski definition) is 0. The van der Waals surface area contributed by atoms with Crippen LogP contribution in [0.2, 0.25) is 0 Å². The van der Waals surface area contributed by atoms with Crippen LogP contribution in [0.4, 0.5) is 4.39 Å². The van der Waals surface area contributed by atoms with Crippen LogP contribution >= 0.6 is 0 Å². The molecule has 196 valence electrons. The fourth-order valence-corrected chi connectivity index (χ4v) is 5.63. The number of benzene rings is 3. The Balaban J connectivity index is 1.42. The molecule has 0 radical (unpaired) electrons. The van der Waals surface area contributed by atoms with E-state index in [-0.39, 0.29) is 17.6 Å². The number of ether oxygens (including phenoxy) is 1. The number of fused-ring (bicyclic) bond motifs is 8. The fraction of sp³-hybridized carbons (Fsp3) is 0.344. The second kappa shape index (κ2) is 10.6. The molecule has 3 aromatic carbocycles. The highest BCUT2D eigenvalue weighted by Gasteiger charge is 2.29. The van der Waals surface area contributed by atoms with Crippen molar-refractivity contribution in [2.45, 2.75) is 38.9 Å². The van der Waals surface area contributed by atoms with E-state index in [0.717, 1.165) is 65.8 Å². The summed E-state index contributed by atoms with van der Waals surface area (Å²) in [6.07, 6.45) is 3.08. The van der Waals surface area contributed by atoms with Crippen LogP contribution in [0.1, 0.15) is 30.4 Å². The molecule has 1 aromatic heterocycles. The number of amides is 1. The van der Waals surface area contributed by atoms with Crippen molar-refractivity contribution in [2.75, 3.05) is 26.7 Å². The third-order valence-electron chi connectivity index (χ3n) is 7.91. The topological polar surface area (TPSA) is 37.7 Å². The lowest BCUT2D eigenvalue weighted by atomic mass is 9.84. The molecule has 1 fully saturated rings. The van der Waals surface area contributed by atoms with Gasteiger partial charge in [0.25, 0.3) is 0 Å². The SMILES string of the molecule is CN1CCOc2cccc(c2)-c2cc3cc(F)ccc3n2CCN(C(=O)C2CCC2)Cc2cccc(c2)C1. The minimum atomic E-state index is -0.251. The molecular weight excluding hydrogens is 477 g/mol. The van der Waals surface area contributed by atoms with Crippen LogP contribution in [0.5, 0.6) is 5.75 Å². The lowest BCUT2D eigenvalue weighted by molar-refractivity contribution is -0.139. The Labute approximate surface area is 223 Å². The zero-order valence-corrected chi connectivity index (χ0v) is 21.9. The molecule has 5 nitrogen and oxygen atoms in total. The second-order valence-electron chi connectivity index (χ2n) is 10.7. The molecule has 0 saturated heterocycles. The quantitative estimate of drug-likeness (QED) is 0.310. The molecule has 4 bridgehead atoms. The predicted molar refractivity (Wildman–Crippen MR) is 148 cm³/mol. The third kappa shape index (κ3) is 5.18. The van der Waals surface area contributed by atoms with E-state index in [1.165, 1.54) is 11.6 Å². The Morgan fingerprint density at radius 2 is 1.71 bits per heavy atom. The number of likely N-dealkylation sites (N-methyl/N-ethyl adjacent to an activating group) is 1. The number of nitrogens with zero attached hydrogens (tertiary/aromatic N) is 3. The Kier molecular flexibility index (Phi) is 6.90. The maximum Gasteiger partial charge on any atom is 0.226 e. The zero-order valence-electron chi connectivity index (χ0n) is 21.9. The molecule has 6 rings (SSSR count). The average Bonchev–Trinajstić information content (AvgIpc) is 3.23. The van der Waals surface area contributed by atoms with Gasteiger partial charge in [-0.15, -0.1) is 0 Å². The van der Waals surface area contributed by atoms with Gasteiger partial charge in [-0.05, 0) is 67.4 Å². The number of hydrogen-bond acceptors (Lipinski definition) is 3. The number of carbonyl (C=O) groups excluding carboxylic acids is 1. The molecule has 1 aliphatic carbocycles. The van der Waals surface area contributed by atoms with Crippen molar-refractivity contribution in [2.24, 2.45) is 5.92 Å². The summed E-state index contributed by atoms with van der Waals surface area (Å²) < 4.78 is 22.5. The van der Waals surface area contributed by atoms with Gasteiger partial charge in [-0.3, -0.25) is 9.69 Å². The summed E-state index contributed by atoms with van der Waals surface area (Å²) in [5.74, 6) is 0.934. The van der Waals surface area contributed by atoms with E-state index in [1.54, 1.807) is 6.07 Å². The molecule has 2 heterocycles. The first-order valence-corrected chi connectivity index (χ1v) is 13.6. The van der Waals surface area contributed by atoms with Gasteiger partial charge < -0.3 is 14.2 Å². The van der Waals surface area contributed by atoms with Gasteiger partial charge >= 0.3 is 0 Å². The summed E-state index contributed by atoms with van der Waals surface area (Å²) >= 11 is 0. The molecule has 2 aliphatic rings. The summed E-state index contributed by atoms with van der Waals surface area (Å²) in [6.45, 7) is 3.99. The van der Waals surface area contributed by atoms with Gasteiger partial charge in [0.2, 0.25) is 5.91 Å². The Hall–Kier alpha value is -3.64. The van der Waals surface area contributed by atoms with E-state index in [0.29, 0.717) is 26.2 Å². The number of halogens is 1. The molecule has 1 amide bonds. The lowest BCUT2D eigenvalue weighted by Crippen LogP contribution is -2.40. The maximum atomic E-state index is 14.2. The largest absolute Gasteiger partial charge is 0.492 e. The van der Waals surface area contributed by atoms with Gasteiger partial charge in [-0.2, -0.15) is 0 Å². The van der Waals surface area contributed by atoms with Gasteiger partial charge in [0.05, 0.1) is 0 Å². The summed E-state index contributed by atoms with van der Waals surface area (Å²) in [6, 6.07) is 23.7.